The van der Waals surface area contributed by atoms with Crippen LogP contribution in [0.1, 0.15) is 5.56 Å². The SMILES string of the molecule is Cc1cccc(NC(=O)NCC(O)C(F)F)c1. The van der Waals surface area contributed by atoms with Crippen LogP contribution in [0.25, 0.3) is 0 Å². The second-order valence-electron chi connectivity index (χ2n) is 3.61. The third kappa shape index (κ3) is 4.78. The van der Waals surface area contributed by atoms with Gasteiger partial charge < -0.3 is 15.7 Å². The van der Waals surface area contributed by atoms with E-state index in [1.807, 2.05) is 13.0 Å². The Morgan fingerprint density at radius 1 is 1.47 bits per heavy atom. The molecule has 0 aliphatic carbocycles. The molecule has 0 saturated heterocycles. The Labute approximate surface area is 97.6 Å². The van der Waals surface area contributed by atoms with Crippen LogP contribution in [0.5, 0.6) is 0 Å². The standard InChI is InChI=1S/C11H14F2N2O2/c1-7-3-2-4-8(5-7)15-11(17)14-6-9(16)10(12)13/h2-5,9-10,16H,6H2,1H3,(H2,14,15,17). The minimum Gasteiger partial charge on any atom is -0.385 e. The third-order valence-corrected chi connectivity index (χ3v) is 2.04. The number of amides is 2. The number of hydrogen-bond acceptors (Lipinski definition) is 2. The van der Waals surface area contributed by atoms with E-state index in [2.05, 4.69) is 10.6 Å². The summed E-state index contributed by atoms with van der Waals surface area (Å²) in [5.41, 5.74) is 1.53. The molecule has 0 fully saturated rings. The van der Waals surface area contributed by atoms with Crippen LogP contribution in [0, 0.1) is 6.92 Å². The van der Waals surface area contributed by atoms with Crippen LogP contribution in [-0.2, 0) is 0 Å². The van der Waals surface area contributed by atoms with Crippen molar-refractivity contribution in [2.75, 3.05) is 11.9 Å². The van der Waals surface area contributed by atoms with Gasteiger partial charge in [0.25, 0.3) is 6.43 Å². The lowest BCUT2D eigenvalue weighted by atomic mass is 10.2. The number of hydrogen-bond donors (Lipinski definition) is 3. The van der Waals surface area contributed by atoms with Crippen molar-refractivity contribution in [3.8, 4) is 0 Å². The number of carbonyl (C=O) groups is 1. The molecule has 0 radical (unpaired) electrons. The highest BCUT2D eigenvalue weighted by Crippen LogP contribution is 2.09. The van der Waals surface area contributed by atoms with E-state index in [0.29, 0.717) is 5.69 Å². The summed E-state index contributed by atoms with van der Waals surface area (Å²) >= 11 is 0. The van der Waals surface area contributed by atoms with E-state index in [9.17, 15) is 13.6 Å². The number of benzene rings is 1. The van der Waals surface area contributed by atoms with Gasteiger partial charge in [-0.3, -0.25) is 0 Å². The lowest BCUT2D eigenvalue weighted by molar-refractivity contribution is -0.00155. The molecule has 1 aromatic rings. The first kappa shape index (κ1) is 13.4. The van der Waals surface area contributed by atoms with Crippen molar-refractivity contribution in [1.29, 1.82) is 0 Å². The summed E-state index contributed by atoms with van der Waals surface area (Å²) in [5, 5.41) is 13.4. The molecule has 0 heterocycles. The predicted molar refractivity (Wildman–Crippen MR) is 60.2 cm³/mol. The molecule has 0 aliphatic heterocycles. The summed E-state index contributed by atoms with van der Waals surface area (Å²) in [6, 6.07) is 6.41. The highest BCUT2D eigenvalue weighted by molar-refractivity contribution is 5.89. The summed E-state index contributed by atoms with van der Waals surface area (Å²) < 4.78 is 23.9. The molecule has 0 saturated carbocycles. The van der Waals surface area contributed by atoms with E-state index in [4.69, 9.17) is 5.11 Å². The average molecular weight is 244 g/mol. The fourth-order valence-corrected chi connectivity index (χ4v) is 1.18. The molecule has 2 amide bonds. The number of aryl methyl sites for hydroxylation is 1. The molecule has 3 N–H and O–H groups in total. The first-order valence-corrected chi connectivity index (χ1v) is 5.07. The first-order chi connectivity index (χ1) is 7.99. The maximum absolute atomic E-state index is 11.9. The molecule has 0 aromatic heterocycles. The monoisotopic (exact) mass is 244 g/mol. The van der Waals surface area contributed by atoms with Gasteiger partial charge in [0.2, 0.25) is 0 Å². The number of alkyl halides is 2. The summed E-state index contributed by atoms with van der Waals surface area (Å²) in [6.07, 6.45) is -4.72. The van der Waals surface area contributed by atoms with Gasteiger partial charge in [-0.1, -0.05) is 12.1 Å². The minimum atomic E-state index is -2.87. The van der Waals surface area contributed by atoms with Crippen molar-refractivity contribution in [2.24, 2.45) is 0 Å². The lowest BCUT2D eigenvalue weighted by Gasteiger charge is -2.11. The Kier molecular flexibility index (Phi) is 4.84. The van der Waals surface area contributed by atoms with Crippen molar-refractivity contribution in [3.63, 3.8) is 0 Å². The Morgan fingerprint density at radius 2 is 2.18 bits per heavy atom. The largest absolute Gasteiger partial charge is 0.385 e. The molecule has 1 aromatic carbocycles. The normalized spacial score (nSPS) is 12.3. The van der Waals surface area contributed by atoms with Gasteiger partial charge in [-0.15, -0.1) is 0 Å². The molecular weight excluding hydrogens is 230 g/mol. The number of anilines is 1. The van der Waals surface area contributed by atoms with Crippen molar-refractivity contribution in [3.05, 3.63) is 29.8 Å². The predicted octanol–water partition coefficient (Wildman–Crippen LogP) is 1.74. The Morgan fingerprint density at radius 3 is 2.76 bits per heavy atom. The van der Waals surface area contributed by atoms with Crippen LogP contribution >= 0.6 is 0 Å². The number of aliphatic hydroxyl groups excluding tert-OH is 1. The Bertz CT molecular complexity index is 385. The molecule has 1 atom stereocenters. The molecule has 17 heavy (non-hydrogen) atoms. The fraction of sp³-hybridized carbons (Fsp3) is 0.364. The summed E-state index contributed by atoms with van der Waals surface area (Å²) in [7, 11) is 0. The molecule has 4 nitrogen and oxygen atoms in total. The van der Waals surface area contributed by atoms with E-state index in [1.54, 1.807) is 18.2 Å². The minimum absolute atomic E-state index is 0.491. The number of nitrogens with one attached hydrogen (secondary N) is 2. The topological polar surface area (TPSA) is 61.4 Å². The molecule has 0 bridgehead atoms. The van der Waals surface area contributed by atoms with Gasteiger partial charge in [-0.25, -0.2) is 13.6 Å². The van der Waals surface area contributed by atoms with Crippen molar-refractivity contribution >= 4 is 11.7 Å². The summed E-state index contributed by atoms with van der Waals surface area (Å²) in [4.78, 5) is 11.3. The quantitative estimate of drug-likeness (QED) is 0.755. The van der Waals surface area contributed by atoms with Gasteiger partial charge in [0.15, 0.2) is 0 Å². The van der Waals surface area contributed by atoms with E-state index < -0.39 is 25.1 Å². The van der Waals surface area contributed by atoms with Gasteiger partial charge in [0, 0.05) is 5.69 Å². The highest BCUT2D eigenvalue weighted by Gasteiger charge is 2.17. The van der Waals surface area contributed by atoms with Gasteiger partial charge in [-0.2, -0.15) is 0 Å². The van der Waals surface area contributed by atoms with E-state index in [1.165, 1.54) is 0 Å². The second-order valence-corrected chi connectivity index (χ2v) is 3.61. The highest BCUT2D eigenvalue weighted by atomic mass is 19.3. The lowest BCUT2D eigenvalue weighted by Crippen LogP contribution is -2.38. The molecule has 0 aliphatic rings. The third-order valence-electron chi connectivity index (χ3n) is 2.04. The van der Waals surface area contributed by atoms with Crippen LogP contribution < -0.4 is 10.6 Å². The van der Waals surface area contributed by atoms with Gasteiger partial charge in [0.1, 0.15) is 6.10 Å². The first-order valence-electron chi connectivity index (χ1n) is 5.07. The Hall–Kier alpha value is -1.69. The van der Waals surface area contributed by atoms with E-state index in [0.717, 1.165) is 5.56 Å². The van der Waals surface area contributed by atoms with Crippen LogP contribution in [0.2, 0.25) is 0 Å². The average Bonchev–Trinajstić information content (AvgIpc) is 2.25. The molecule has 6 heteroatoms. The zero-order valence-corrected chi connectivity index (χ0v) is 9.28. The van der Waals surface area contributed by atoms with Crippen LogP contribution in [-0.4, -0.2) is 30.2 Å². The maximum atomic E-state index is 11.9. The number of carbonyl (C=O) groups excluding carboxylic acids is 1. The van der Waals surface area contributed by atoms with Crippen molar-refractivity contribution in [2.45, 2.75) is 19.5 Å². The Balaban J connectivity index is 2.40. The zero-order chi connectivity index (χ0) is 12.8. The second kappa shape index (κ2) is 6.15. The van der Waals surface area contributed by atoms with Crippen LogP contribution in [0.15, 0.2) is 24.3 Å². The number of rotatable bonds is 4. The molecular formula is C11H14F2N2O2. The van der Waals surface area contributed by atoms with Crippen LogP contribution in [0.3, 0.4) is 0 Å². The zero-order valence-electron chi connectivity index (χ0n) is 9.28. The fourth-order valence-electron chi connectivity index (χ4n) is 1.18. The van der Waals surface area contributed by atoms with Gasteiger partial charge >= 0.3 is 6.03 Å². The number of halogens is 2. The van der Waals surface area contributed by atoms with E-state index in [-0.39, 0.29) is 0 Å². The van der Waals surface area contributed by atoms with Gasteiger partial charge in [-0.05, 0) is 24.6 Å². The smallest absolute Gasteiger partial charge is 0.319 e. The number of aliphatic hydroxyl groups is 1. The van der Waals surface area contributed by atoms with Crippen molar-refractivity contribution < 1.29 is 18.7 Å². The molecule has 1 rings (SSSR count). The maximum Gasteiger partial charge on any atom is 0.319 e. The summed E-state index contributed by atoms with van der Waals surface area (Å²) in [6.45, 7) is 1.37. The van der Waals surface area contributed by atoms with Gasteiger partial charge in [0.05, 0.1) is 6.54 Å². The summed E-state index contributed by atoms with van der Waals surface area (Å²) in [5.74, 6) is 0. The molecule has 0 spiro atoms. The number of urea groups is 1. The van der Waals surface area contributed by atoms with Crippen molar-refractivity contribution in [1.82, 2.24) is 5.32 Å². The molecule has 1 unspecified atom stereocenters. The molecule has 94 valence electrons. The van der Waals surface area contributed by atoms with E-state index >= 15 is 0 Å². The van der Waals surface area contributed by atoms with Crippen LogP contribution in [0.4, 0.5) is 19.3 Å².